The number of hydrogen-bond donors (Lipinski definition) is 1. The standard InChI is InChI=1S/C20H35NO5/c1-2-3-4-5-6-7-8-9-10-11-12-13-14-15-19(23)26-17-16-18(22)21(25)20(17)24/h17,25H,2-16H2,1H3. The molecule has 0 saturated carbocycles. The summed E-state index contributed by atoms with van der Waals surface area (Å²) >= 11 is 0. The third-order valence-corrected chi connectivity index (χ3v) is 4.84. The third-order valence-electron chi connectivity index (χ3n) is 4.84. The van der Waals surface area contributed by atoms with Crippen molar-refractivity contribution in [3.8, 4) is 0 Å². The van der Waals surface area contributed by atoms with Crippen molar-refractivity contribution >= 4 is 17.8 Å². The maximum absolute atomic E-state index is 11.7. The molecule has 0 bridgehead atoms. The summed E-state index contributed by atoms with van der Waals surface area (Å²) in [6, 6.07) is 0. The van der Waals surface area contributed by atoms with Gasteiger partial charge in [-0.05, 0) is 6.42 Å². The quantitative estimate of drug-likeness (QED) is 0.198. The molecule has 0 aliphatic carbocycles. The molecule has 1 aliphatic rings. The summed E-state index contributed by atoms with van der Waals surface area (Å²) in [4.78, 5) is 34.2. The number of rotatable bonds is 15. The molecule has 1 fully saturated rings. The molecule has 1 aliphatic heterocycles. The number of esters is 1. The van der Waals surface area contributed by atoms with Crippen LogP contribution in [-0.4, -0.2) is 34.2 Å². The Kier molecular flexibility index (Phi) is 11.9. The number of hydrogen-bond acceptors (Lipinski definition) is 5. The molecule has 6 nitrogen and oxygen atoms in total. The summed E-state index contributed by atoms with van der Waals surface area (Å²) in [5.41, 5.74) is 0. The van der Waals surface area contributed by atoms with E-state index < -0.39 is 23.9 Å². The zero-order valence-electron chi connectivity index (χ0n) is 16.2. The molecule has 1 atom stereocenters. The van der Waals surface area contributed by atoms with Gasteiger partial charge < -0.3 is 4.74 Å². The van der Waals surface area contributed by atoms with Gasteiger partial charge in [-0.25, -0.2) is 0 Å². The van der Waals surface area contributed by atoms with E-state index in [-0.39, 0.29) is 17.9 Å². The van der Waals surface area contributed by atoms with Crippen LogP contribution >= 0.6 is 0 Å². The Hall–Kier alpha value is -1.43. The van der Waals surface area contributed by atoms with Gasteiger partial charge in [-0.3, -0.25) is 19.6 Å². The monoisotopic (exact) mass is 369 g/mol. The second kappa shape index (κ2) is 13.7. The van der Waals surface area contributed by atoms with Crippen molar-refractivity contribution < 1.29 is 24.3 Å². The van der Waals surface area contributed by atoms with Gasteiger partial charge in [0, 0.05) is 6.42 Å². The van der Waals surface area contributed by atoms with Gasteiger partial charge in [0.25, 0.3) is 11.8 Å². The van der Waals surface area contributed by atoms with E-state index in [0.717, 1.165) is 19.3 Å². The van der Waals surface area contributed by atoms with Crippen LogP contribution in [-0.2, 0) is 19.1 Å². The van der Waals surface area contributed by atoms with E-state index in [4.69, 9.17) is 9.94 Å². The van der Waals surface area contributed by atoms with Crippen LogP contribution in [0.3, 0.4) is 0 Å². The lowest BCUT2D eigenvalue weighted by Crippen LogP contribution is -2.30. The fourth-order valence-electron chi connectivity index (χ4n) is 3.19. The van der Waals surface area contributed by atoms with Crippen LogP contribution in [0.4, 0.5) is 0 Å². The van der Waals surface area contributed by atoms with Gasteiger partial charge in [0.2, 0.25) is 0 Å². The minimum atomic E-state index is -1.15. The van der Waals surface area contributed by atoms with E-state index in [2.05, 4.69) is 6.92 Å². The first-order valence-corrected chi connectivity index (χ1v) is 10.3. The lowest BCUT2D eigenvalue weighted by Gasteiger charge is -2.09. The number of unbranched alkanes of at least 4 members (excludes halogenated alkanes) is 12. The van der Waals surface area contributed by atoms with E-state index >= 15 is 0 Å². The van der Waals surface area contributed by atoms with Crippen LogP contribution in [0.5, 0.6) is 0 Å². The van der Waals surface area contributed by atoms with E-state index in [1.54, 1.807) is 0 Å². The Bertz CT molecular complexity index is 438. The topological polar surface area (TPSA) is 83.9 Å². The first-order valence-electron chi connectivity index (χ1n) is 10.3. The number of ether oxygens (including phenoxy) is 1. The first kappa shape index (κ1) is 22.6. The number of amides is 2. The molecule has 1 unspecified atom stereocenters. The fourth-order valence-corrected chi connectivity index (χ4v) is 3.19. The molecule has 2 amide bonds. The minimum Gasteiger partial charge on any atom is -0.452 e. The van der Waals surface area contributed by atoms with Crippen molar-refractivity contribution in [2.75, 3.05) is 0 Å². The van der Waals surface area contributed by atoms with Gasteiger partial charge in [-0.1, -0.05) is 84.0 Å². The zero-order chi connectivity index (χ0) is 19.2. The van der Waals surface area contributed by atoms with Crippen LogP contribution in [0.15, 0.2) is 0 Å². The summed E-state index contributed by atoms with van der Waals surface area (Å²) < 4.78 is 4.96. The van der Waals surface area contributed by atoms with Crippen molar-refractivity contribution in [3.63, 3.8) is 0 Å². The van der Waals surface area contributed by atoms with Gasteiger partial charge in [0.1, 0.15) is 0 Å². The van der Waals surface area contributed by atoms with Crippen LogP contribution in [0.25, 0.3) is 0 Å². The Morgan fingerprint density at radius 1 is 0.923 bits per heavy atom. The summed E-state index contributed by atoms with van der Waals surface area (Å²) in [6.45, 7) is 2.24. The van der Waals surface area contributed by atoms with Crippen LogP contribution in [0.1, 0.15) is 103 Å². The van der Waals surface area contributed by atoms with Crippen LogP contribution < -0.4 is 0 Å². The van der Waals surface area contributed by atoms with E-state index in [0.29, 0.717) is 0 Å². The Balaban J connectivity index is 1.88. The molecule has 0 aromatic carbocycles. The van der Waals surface area contributed by atoms with Crippen molar-refractivity contribution in [1.82, 2.24) is 5.06 Å². The lowest BCUT2D eigenvalue weighted by atomic mass is 10.0. The normalized spacial score (nSPS) is 17.2. The van der Waals surface area contributed by atoms with Crippen molar-refractivity contribution in [3.05, 3.63) is 0 Å². The molecule has 0 aromatic heterocycles. The van der Waals surface area contributed by atoms with Gasteiger partial charge in [-0.2, -0.15) is 5.06 Å². The molecule has 0 radical (unpaired) electrons. The smallest absolute Gasteiger partial charge is 0.306 e. The average Bonchev–Trinajstić information content (AvgIpc) is 2.86. The number of carbonyl (C=O) groups is 3. The summed E-state index contributed by atoms with van der Waals surface area (Å²) in [7, 11) is 0. The molecule has 6 heteroatoms. The number of imide groups is 1. The molecule has 0 aromatic rings. The molecule has 0 spiro atoms. The summed E-state index contributed by atoms with van der Waals surface area (Å²) in [5.74, 6) is -2.06. The average molecular weight is 370 g/mol. The predicted octanol–water partition coefficient (Wildman–Crippen LogP) is 4.53. The second-order valence-corrected chi connectivity index (χ2v) is 7.22. The minimum absolute atomic E-state index is 0.0309. The SMILES string of the molecule is CCCCCCCCCCCCCCCC(=O)OC1CC(=O)N(O)C1=O. The molecule has 26 heavy (non-hydrogen) atoms. The van der Waals surface area contributed by atoms with Gasteiger partial charge >= 0.3 is 5.97 Å². The molecular formula is C20H35NO5. The highest BCUT2D eigenvalue weighted by Crippen LogP contribution is 2.16. The fraction of sp³-hybridized carbons (Fsp3) is 0.850. The molecule has 150 valence electrons. The highest BCUT2D eigenvalue weighted by Gasteiger charge is 2.40. The molecule has 1 heterocycles. The number of carbonyl (C=O) groups excluding carboxylic acids is 3. The Labute approximate surface area is 157 Å². The maximum Gasteiger partial charge on any atom is 0.306 e. The molecular weight excluding hydrogens is 334 g/mol. The van der Waals surface area contributed by atoms with Gasteiger partial charge in [0.05, 0.1) is 6.42 Å². The first-order chi connectivity index (χ1) is 12.6. The van der Waals surface area contributed by atoms with E-state index in [1.165, 1.54) is 64.2 Å². The third kappa shape index (κ3) is 9.32. The van der Waals surface area contributed by atoms with Crippen molar-refractivity contribution in [2.45, 2.75) is 109 Å². The van der Waals surface area contributed by atoms with E-state index in [9.17, 15) is 14.4 Å². The molecule has 1 saturated heterocycles. The lowest BCUT2D eigenvalue weighted by molar-refractivity contribution is -0.176. The van der Waals surface area contributed by atoms with Gasteiger partial charge in [-0.15, -0.1) is 0 Å². The van der Waals surface area contributed by atoms with Crippen molar-refractivity contribution in [2.24, 2.45) is 0 Å². The number of nitrogens with zero attached hydrogens (tertiary/aromatic N) is 1. The molecule has 1 N–H and O–H groups in total. The Morgan fingerprint density at radius 2 is 1.38 bits per heavy atom. The van der Waals surface area contributed by atoms with E-state index in [1.807, 2.05) is 0 Å². The second-order valence-electron chi connectivity index (χ2n) is 7.22. The Morgan fingerprint density at radius 3 is 1.81 bits per heavy atom. The van der Waals surface area contributed by atoms with Gasteiger partial charge in [0.15, 0.2) is 6.10 Å². The zero-order valence-corrected chi connectivity index (χ0v) is 16.2. The predicted molar refractivity (Wildman–Crippen MR) is 98.4 cm³/mol. The number of hydroxylamine groups is 2. The maximum atomic E-state index is 11.7. The van der Waals surface area contributed by atoms with Crippen LogP contribution in [0.2, 0.25) is 0 Å². The highest BCUT2D eigenvalue weighted by atomic mass is 16.6. The van der Waals surface area contributed by atoms with Crippen molar-refractivity contribution in [1.29, 1.82) is 0 Å². The largest absolute Gasteiger partial charge is 0.452 e. The molecule has 1 rings (SSSR count). The summed E-state index contributed by atoms with van der Waals surface area (Å²) in [6.07, 6.45) is 14.9. The highest BCUT2D eigenvalue weighted by molar-refractivity contribution is 6.04. The van der Waals surface area contributed by atoms with Crippen LogP contribution in [0, 0.1) is 0 Å². The summed E-state index contributed by atoms with van der Waals surface area (Å²) in [5, 5.41) is 9.12.